The number of carbonyl (C=O) groups excluding carboxylic acids is 1. The van der Waals surface area contributed by atoms with Crippen LogP contribution in [0.2, 0.25) is 0 Å². The van der Waals surface area contributed by atoms with Gasteiger partial charge in [-0.05, 0) is 50.2 Å². The summed E-state index contributed by atoms with van der Waals surface area (Å²) in [6.07, 6.45) is 0. The van der Waals surface area contributed by atoms with Crippen molar-refractivity contribution in [2.24, 2.45) is 5.10 Å². The number of hydrogen-bond donors (Lipinski definition) is 1. The van der Waals surface area contributed by atoms with E-state index >= 15 is 0 Å². The highest BCUT2D eigenvalue weighted by atomic mass is 79.9. The van der Waals surface area contributed by atoms with Crippen LogP contribution in [0.25, 0.3) is 0 Å². The molecule has 0 unspecified atom stereocenters. The summed E-state index contributed by atoms with van der Waals surface area (Å²) in [4.78, 5) is 11.6. The smallest absolute Gasteiger partial charge is 0.354 e. The summed E-state index contributed by atoms with van der Waals surface area (Å²) in [7, 11) is -4.02. The van der Waals surface area contributed by atoms with E-state index in [1.54, 1.807) is 37.3 Å². The first kappa shape index (κ1) is 19.9. The fourth-order valence-electron chi connectivity index (χ4n) is 1.82. The van der Waals surface area contributed by atoms with Crippen LogP contribution in [0.4, 0.5) is 5.69 Å². The minimum Gasteiger partial charge on any atom is -0.461 e. The van der Waals surface area contributed by atoms with Gasteiger partial charge in [0.2, 0.25) is 0 Å². The van der Waals surface area contributed by atoms with E-state index in [1.807, 2.05) is 0 Å². The van der Waals surface area contributed by atoms with E-state index in [1.165, 1.54) is 25.1 Å². The van der Waals surface area contributed by atoms with Crippen LogP contribution in [0, 0.1) is 0 Å². The zero-order chi connectivity index (χ0) is 19.2. The molecular weight excluding hydrogens is 424 g/mol. The third-order valence-electron chi connectivity index (χ3n) is 3.10. The van der Waals surface area contributed by atoms with Crippen LogP contribution in [0.3, 0.4) is 0 Å². The second kappa shape index (κ2) is 8.81. The van der Waals surface area contributed by atoms with Crippen molar-refractivity contribution >= 4 is 43.4 Å². The molecule has 138 valence electrons. The van der Waals surface area contributed by atoms with Crippen molar-refractivity contribution in [1.29, 1.82) is 0 Å². The van der Waals surface area contributed by atoms with Crippen molar-refractivity contribution in [2.45, 2.75) is 18.7 Å². The second-order valence-electron chi connectivity index (χ2n) is 5.02. The molecule has 0 heterocycles. The molecule has 1 N–H and O–H groups in total. The predicted molar refractivity (Wildman–Crippen MR) is 102 cm³/mol. The Morgan fingerprint density at radius 1 is 1.15 bits per heavy atom. The quantitative estimate of drug-likeness (QED) is 0.306. The molecule has 0 aromatic heterocycles. The monoisotopic (exact) mass is 440 g/mol. The summed E-state index contributed by atoms with van der Waals surface area (Å²) in [5.74, 6) is -0.517. The molecule has 0 radical (unpaired) electrons. The fourth-order valence-corrected chi connectivity index (χ4v) is 3.04. The Morgan fingerprint density at radius 2 is 1.81 bits per heavy atom. The predicted octanol–water partition coefficient (Wildman–Crippen LogP) is 3.57. The highest BCUT2D eigenvalue weighted by molar-refractivity contribution is 9.10. The maximum absolute atomic E-state index is 12.4. The molecule has 0 bridgehead atoms. The number of rotatable bonds is 7. The molecule has 0 amide bonds. The van der Waals surface area contributed by atoms with E-state index in [2.05, 4.69) is 26.5 Å². The summed E-state index contributed by atoms with van der Waals surface area (Å²) in [6, 6.07) is 12.4. The molecule has 0 atom stereocenters. The lowest BCUT2D eigenvalue weighted by Gasteiger charge is -2.11. The third kappa shape index (κ3) is 5.30. The summed E-state index contributed by atoms with van der Waals surface area (Å²) >= 11 is 3.25. The third-order valence-corrected chi connectivity index (χ3v) is 4.88. The van der Waals surface area contributed by atoms with Gasteiger partial charge in [0, 0.05) is 4.47 Å². The van der Waals surface area contributed by atoms with E-state index < -0.39 is 16.1 Å². The van der Waals surface area contributed by atoms with Crippen LogP contribution < -0.4 is 9.61 Å². The lowest BCUT2D eigenvalue weighted by molar-refractivity contribution is -0.135. The number of anilines is 1. The molecule has 26 heavy (non-hydrogen) atoms. The molecule has 0 saturated carbocycles. The van der Waals surface area contributed by atoms with E-state index in [-0.39, 0.29) is 28.7 Å². The van der Waals surface area contributed by atoms with Crippen molar-refractivity contribution in [1.82, 2.24) is 0 Å². The van der Waals surface area contributed by atoms with Crippen molar-refractivity contribution in [3.8, 4) is 5.75 Å². The molecule has 0 aliphatic rings. The maximum Gasteiger partial charge on any atom is 0.354 e. The number of nitrogens with one attached hydrogen (secondary N) is 1. The average molecular weight is 441 g/mol. The van der Waals surface area contributed by atoms with Crippen LogP contribution in [-0.4, -0.2) is 26.7 Å². The average Bonchev–Trinajstić information content (AvgIpc) is 2.61. The van der Waals surface area contributed by atoms with Crippen LogP contribution in [0.5, 0.6) is 5.75 Å². The molecule has 0 aliphatic carbocycles. The van der Waals surface area contributed by atoms with Crippen LogP contribution >= 0.6 is 15.9 Å². The molecule has 2 aromatic rings. The zero-order valence-electron chi connectivity index (χ0n) is 14.1. The molecule has 7 nitrogen and oxygen atoms in total. The van der Waals surface area contributed by atoms with Crippen LogP contribution in [0.15, 0.2) is 63.0 Å². The number of para-hydroxylation sites is 2. The molecular formula is C17H17BrN2O5S. The fraction of sp³-hybridized carbons (Fsp3) is 0.176. The second-order valence-corrected chi connectivity index (χ2v) is 7.48. The van der Waals surface area contributed by atoms with Gasteiger partial charge in [0.25, 0.3) is 0 Å². The first-order valence-electron chi connectivity index (χ1n) is 7.60. The summed E-state index contributed by atoms with van der Waals surface area (Å²) < 4.78 is 35.6. The van der Waals surface area contributed by atoms with Crippen LogP contribution in [0.1, 0.15) is 13.8 Å². The van der Waals surface area contributed by atoms with Gasteiger partial charge in [-0.15, -0.1) is 0 Å². The normalized spacial score (nSPS) is 11.7. The number of ether oxygens (including phenoxy) is 1. The standard InChI is InChI=1S/C17H17BrN2O5S/c1-3-24-17(21)12(2)19-20-15-6-4-5-7-16(15)25-26(22,23)14-10-8-13(18)9-11-14/h4-11,20H,3H2,1-2H3/b19-12+. The molecule has 2 aromatic carbocycles. The number of hydrogen-bond acceptors (Lipinski definition) is 7. The minimum absolute atomic E-state index is 0.0155. The van der Waals surface area contributed by atoms with Gasteiger partial charge in [0.05, 0.1) is 12.3 Å². The van der Waals surface area contributed by atoms with Crippen molar-refractivity contribution in [3.05, 3.63) is 53.0 Å². The number of carbonyl (C=O) groups is 1. The number of benzene rings is 2. The van der Waals surface area contributed by atoms with Crippen molar-refractivity contribution < 1.29 is 22.1 Å². The first-order valence-corrected chi connectivity index (χ1v) is 9.80. The van der Waals surface area contributed by atoms with Gasteiger partial charge in [0.15, 0.2) is 5.75 Å². The van der Waals surface area contributed by atoms with E-state index in [9.17, 15) is 13.2 Å². The first-order chi connectivity index (χ1) is 12.3. The van der Waals surface area contributed by atoms with Gasteiger partial charge in [-0.2, -0.15) is 13.5 Å². The molecule has 9 heteroatoms. The topological polar surface area (TPSA) is 94.1 Å². The van der Waals surface area contributed by atoms with E-state index in [0.29, 0.717) is 0 Å². The number of esters is 1. The number of hydrazone groups is 1. The van der Waals surface area contributed by atoms with Gasteiger partial charge >= 0.3 is 16.1 Å². The molecule has 0 fully saturated rings. The van der Waals surface area contributed by atoms with Gasteiger partial charge in [-0.3, -0.25) is 5.43 Å². The van der Waals surface area contributed by atoms with Crippen LogP contribution in [-0.2, 0) is 19.6 Å². The lowest BCUT2D eigenvalue weighted by atomic mass is 10.3. The minimum atomic E-state index is -4.02. The molecule has 2 rings (SSSR count). The highest BCUT2D eigenvalue weighted by Gasteiger charge is 2.18. The molecule has 0 aliphatic heterocycles. The van der Waals surface area contributed by atoms with Gasteiger partial charge in [-0.1, -0.05) is 28.1 Å². The number of nitrogens with zero attached hydrogens (tertiary/aromatic N) is 1. The Balaban J connectivity index is 2.22. The summed E-state index contributed by atoms with van der Waals surface area (Å²) in [6.45, 7) is 3.40. The number of halogens is 1. The van der Waals surface area contributed by atoms with E-state index in [0.717, 1.165) is 4.47 Å². The molecule has 0 spiro atoms. The van der Waals surface area contributed by atoms with Gasteiger partial charge in [-0.25, -0.2) is 4.79 Å². The SMILES string of the molecule is CCOC(=O)/C(C)=N/Nc1ccccc1OS(=O)(=O)c1ccc(Br)cc1. The Morgan fingerprint density at radius 3 is 2.46 bits per heavy atom. The van der Waals surface area contributed by atoms with Crippen molar-refractivity contribution in [2.75, 3.05) is 12.0 Å². The van der Waals surface area contributed by atoms with Gasteiger partial charge < -0.3 is 8.92 Å². The Bertz CT molecular complexity index is 911. The summed E-state index contributed by atoms with van der Waals surface area (Å²) in [5.41, 5.74) is 3.01. The Labute approximate surface area is 160 Å². The van der Waals surface area contributed by atoms with Gasteiger partial charge in [0.1, 0.15) is 10.6 Å². The Hall–Kier alpha value is -2.39. The van der Waals surface area contributed by atoms with E-state index in [4.69, 9.17) is 8.92 Å². The zero-order valence-corrected chi connectivity index (χ0v) is 16.5. The Kier molecular flexibility index (Phi) is 6.76. The maximum atomic E-state index is 12.4. The molecule has 0 saturated heterocycles. The lowest BCUT2D eigenvalue weighted by Crippen LogP contribution is -2.16. The summed E-state index contributed by atoms with van der Waals surface area (Å²) in [5, 5.41) is 3.90. The highest BCUT2D eigenvalue weighted by Crippen LogP contribution is 2.27. The van der Waals surface area contributed by atoms with Crippen molar-refractivity contribution in [3.63, 3.8) is 0 Å². The largest absolute Gasteiger partial charge is 0.461 e.